The highest BCUT2D eigenvalue weighted by atomic mass is 19.4. The number of nitrogens with zero attached hydrogens (tertiary/aromatic N) is 9. The number of hydrogen-bond acceptors (Lipinski definition) is 12. The van der Waals surface area contributed by atoms with Crippen LogP contribution >= 0.6 is 0 Å². The van der Waals surface area contributed by atoms with Crippen LogP contribution in [-0.2, 0) is 11.3 Å². The zero-order chi connectivity index (χ0) is 33.5. The van der Waals surface area contributed by atoms with Gasteiger partial charge in [0.05, 0.1) is 31.0 Å². The van der Waals surface area contributed by atoms with Crippen molar-refractivity contribution in [2.24, 2.45) is 0 Å². The zero-order valence-electron chi connectivity index (χ0n) is 26.3. The van der Waals surface area contributed by atoms with Gasteiger partial charge in [-0.1, -0.05) is 6.07 Å². The molecule has 2 aromatic carbocycles. The molecule has 252 valence electrons. The lowest BCUT2D eigenvalue weighted by Gasteiger charge is -2.41. The molecule has 4 aromatic rings. The summed E-state index contributed by atoms with van der Waals surface area (Å²) in [7, 11) is 0. The van der Waals surface area contributed by atoms with Gasteiger partial charge in [0.25, 0.3) is 0 Å². The number of rotatable bonds is 11. The van der Waals surface area contributed by atoms with Gasteiger partial charge in [-0.15, -0.1) is 5.10 Å². The minimum Gasteiger partial charge on any atom is -0.487 e. The fourth-order valence-corrected chi connectivity index (χ4v) is 5.86. The fraction of sp³-hybridized carbons (Fsp3) is 0.438. The van der Waals surface area contributed by atoms with Gasteiger partial charge >= 0.3 is 6.18 Å². The summed E-state index contributed by atoms with van der Waals surface area (Å²) in [6.45, 7) is 5.72. The van der Waals surface area contributed by atoms with Crippen LogP contribution < -0.4 is 19.7 Å². The first-order valence-electron chi connectivity index (χ1n) is 15.7. The third-order valence-electron chi connectivity index (χ3n) is 8.25. The number of halogens is 3. The quantitative estimate of drug-likeness (QED) is 0.242. The predicted octanol–water partition coefficient (Wildman–Crippen LogP) is 4.45. The van der Waals surface area contributed by atoms with Gasteiger partial charge in [0.1, 0.15) is 30.0 Å². The number of alkyl halides is 3. The Hall–Kier alpha value is -5.01. The lowest BCUT2D eigenvalue weighted by atomic mass is 10.0. The molecule has 13 nitrogen and oxygen atoms in total. The number of piperidine rings is 1. The smallest absolute Gasteiger partial charge is 0.422 e. The molecule has 0 radical (unpaired) electrons. The number of morpholine rings is 1. The molecule has 0 bridgehead atoms. The molecule has 2 aliphatic heterocycles. The molecule has 48 heavy (non-hydrogen) atoms. The van der Waals surface area contributed by atoms with Crippen molar-refractivity contribution >= 4 is 17.3 Å². The van der Waals surface area contributed by atoms with E-state index in [1.54, 1.807) is 42.7 Å². The second-order valence-electron chi connectivity index (χ2n) is 11.7. The van der Waals surface area contributed by atoms with E-state index < -0.39 is 12.8 Å². The van der Waals surface area contributed by atoms with Gasteiger partial charge < -0.3 is 24.4 Å². The number of nitrogens with one attached hydrogen (secondary N) is 1. The Bertz CT molecular complexity index is 1690. The van der Waals surface area contributed by atoms with Crippen molar-refractivity contribution in [1.29, 1.82) is 5.26 Å². The molecule has 0 aliphatic carbocycles. The monoisotopic (exact) mass is 664 g/mol. The predicted molar refractivity (Wildman–Crippen MR) is 169 cm³/mol. The van der Waals surface area contributed by atoms with Crippen LogP contribution in [0.1, 0.15) is 25.3 Å². The third-order valence-corrected chi connectivity index (χ3v) is 8.25. The normalized spacial score (nSPS) is 16.7. The summed E-state index contributed by atoms with van der Waals surface area (Å²) in [5, 5.41) is 23.7. The third kappa shape index (κ3) is 8.47. The van der Waals surface area contributed by atoms with Gasteiger partial charge in [0.2, 0.25) is 5.95 Å². The number of tetrazole rings is 1. The van der Waals surface area contributed by atoms with E-state index in [9.17, 15) is 18.4 Å². The number of benzene rings is 2. The highest BCUT2D eigenvalue weighted by Crippen LogP contribution is 2.35. The molecule has 1 N–H and O–H groups in total. The molecule has 2 aliphatic rings. The van der Waals surface area contributed by atoms with Crippen LogP contribution in [0, 0.1) is 11.3 Å². The van der Waals surface area contributed by atoms with Gasteiger partial charge in [0, 0.05) is 61.9 Å². The van der Waals surface area contributed by atoms with Crippen LogP contribution in [-0.4, -0.2) is 99.4 Å². The molecule has 0 unspecified atom stereocenters. The maximum Gasteiger partial charge on any atom is 0.422 e. The minimum atomic E-state index is -4.50. The minimum absolute atomic E-state index is 0.0532. The summed E-state index contributed by atoms with van der Waals surface area (Å²) in [5.41, 5.74) is 2.82. The number of anilines is 3. The molecule has 2 aromatic heterocycles. The summed E-state index contributed by atoms with van der Waals surface area (Å²) in [6, 6.07) is 12.9. The average Bonchev–Trinajstić information content (AvgIpc) is 3.61. The second kappa shape index (κ2) is 14.8. The Morgan fingerprint density at radius 1 is 1.02 bits per heavy atom. The van der Waals surface area contributed by atoms with E-state index in [0.29, 0.717) is 40.7 Å². The maximum atomic E-state index is 13.2. The van der Waals surface area contributed by atoms with E-state index in [2.05, 4.69) is 46.7 Å². The molecule has 0 spiro atoms. The molecule has 2 saturated heterocycles. The van der Waals surface area contributed by atoms with Crippen molar-refractivity contribution in [3.63, 3.8) is 0 Å². The lowest BCUT2D eigenvalue weighted by Crippen LogP contribution is -2.49. The summed E-state index contributed by atoms with van der Waals surface area (Å²) in [4.78, 5) is 13.4. The second-order valence-corrected chi connectivity index (χ2v) is 11.7. The van der Waals surface area contributed by atoms with Crippen molar-refractivity contribution in [3.05, 3.63) is 60.7 Å². The summed E-state index contributed by atoms with van der Waals surface area (Å²) in [5.74, 6) is 0.613. The van der Waals surface area contributed by atoms with Crippen molar-refractivity contribution in [2.45, 2.75) is 44.6 Å². The van der Waals surface area contributed by atoms with Crippen LogP contribution in [0.3, 0.4) is 0 Å². The zero-order valence-corrected chi connectivity index (χ0v) is 26.3. The summed E-state index contributed by atoms with van der Waals surface area (Å²) >= 11 is 0. The molecule has 2 fully saturated rings. The first-order chi connectivity index (χ1) is 23.2. The van der Waals surface area contributed by atoms with Crippen LogP contribution in [0.2, 0.25) is 0 Å². The lowest BCUT2D eigenvalue weighted by molar-refractivity contribution is -0.153. The van der Waals surface area contributed by atoms with E-state index in [4.69, 9.17) is 14.2 Å². The molecule has 4 heterocycles. The first kappa shape index (κ1) is 32.9. The Labute approximate surface area is 275 Å². The average molecular weight is 665 g/mol. The fourth-order valence-electron chi connectivity index (χ4n) is 5.86. The van der Waals surface area contributed by atoms with Gasteiger partial charge in [-0.2, -0.15) is 18.4 Å². The first-order valence-corrected chi connectivity index (χ1v) is 15.7. The van der Waals surface area contributed by atoms with Gasteiger partial charge in [-0.25, -0.2) is 14.6 Å². The van der Waals surface area contributed by atoms with Crippen molar-refractivity contribution in [3.8, 4) is 28.7 Å². The van der Waals surface area contributed by atoms with E-state index in [1.807, 2.05) is 13.0 Å². The Morgan fingerprint density at radius 3 is 2.48 bits per heavy atom. The van der Waals surface area contributed by atoms with E-state index >= 15 is 0 Å². The standard InChI is InChI=1S/C32H35F3N10O3/c1-22(19-45-21-39-41-42-45)48-29-14-23(2-3-24(29)16-36)25-17-37-31(38-18-25)40-28-5-4-27(15-30(28)47-20-32(33,34)35)43-8-6-26(7-9-43)44-10-12-46-13-11-44/h2-5,14-15,17-18,21-22,26H,6-13,19-20H2,1H3,(H,37,38,40)/t22-/m0/s1. The maximum absolute atomic E-state index is 13.2. The van der Waals surface area contributed by atoms with E-state index in [-0.39, 0.29) is 17.8 Å². The van der Waals surface area contributed by atoms with E-state index in [0.717, 1.165) is 57.9 Å². The van der Waals surface area contributed by atoms with Crippen LogP contribution in [0.5, 0.6) is 11.5 Å². The topological polar surface area (TPSA) is 139 Å². The SMILES string of the molecule is C[C@@H](Cn1cnnn1)Oc1cc(-c2cnc(Nc3ccc(N4CCC(N5CCOCC5)CC4)cc3OCC(F)(F)F)nc2)ccc1C#N. The van der Waals surface area contributed by atoms with Crippen LogP contribution in [0.15, 0.2) is 55.1 Å². The molecule has 6 rings (SSSR count). The number of hydrogen-bond donors (Lipinski definition) is 1. The number of nitriles is 1. The van der Waals surface area contributed by atoms with E-state index in [1.165, 1.54) is 11.0 Å². The number of aromatic nitrogens is 6. The molecule has 0 amide bonds. The van der Waals surface area contributed by atoms with Crippen molar-refractivity contribution in [1.82, 2.24) is 35.1 Å². The highest BCUT2D eigenvalue weighted by molar-refractivity contribution is 5.70. The number of ether oxygens (including phenoxy) is 3. The Balaban J connectivity index is 1.14. The van der Waals surface area contributed by atoms with Crippen molar-refractivity contribution < 1.29 is 27.4 Å². The largest absolute Gasteiger partial charge is 0.487 e. The summed E-state index contributed by atoms with van der Waals surface area (Å²) in [6.07, 6.45) is 1.72. The molecular weight excluding hydrogens is 629 g/mol. The van der Waals surface area contributed by atoms with Gasteiger partial charge in [-0.3, -0.25) is 4.90 Å². The highest BCUT2D eigenvalue weighted by Gasteiger charge is 2.30. The van der Waals surface area contributed by atoms with Crippen molar-refractivity contribution in [2.75, 3.05) is 56.2 Å². The van der Waals surface area contributed by atoms with Crippen LogP contribution in [0.4, 0.5) is 30.5 Å². The van der Waals surface area contributed by atoms with Gasteiger partial charge in [0.15, 0.2) is 6.61 Å². The molecule has 1 atom stereocenters. The molecule has 0 saturated carbocycles. The van der Waals surface area contributed by atoms with Gasteiger partial charge in [-0.05, 0) is 60.0 Å². The Morgan fingerprint density at radius 2 is 1.79 bits per heavy atom. The summed E-state index contributed by atoms with van der Waals surface area (Å²) < 4.78 is 57.8. The van der Waals surface area contributed by atoms with Crippen LogP contribution in [0.25, 0.3) is 11.1 Å². The Kier molecular flexibility index (Phi) is 10.2. The molecular formula is C32H35F3N10O3. The molecule has 16 heteroatoms.